The number of rotatable bonds is 9. The molecule has 2 unspecified atom stereocenters. The largest absolute Gasteiger partial charge is 0.351 e. The topological polar surface area (TPSA) is 81.8 Å². The Labute approximate surface area is 220 Å². The summed E-state index contributed by atoms with van der Waals surface area (Å²) < 4.78 is 0. The zero-order chi connectivity index (χ0) is 27.4. The second-order valence-corrected chi connectivity index (χ2v) is 14.0. The second kappa shape index (κ2) is 12.3. The van der Waals surface area contributed by atoms with Crippen molar-refractivity contribution in [2.24, 2.45) is 17.3 Å². The molecule has 2 aliphatic rings. The summed E-state index contributed by atoms with van der Waals surface area (Å²) >= 11 is 0. The molecular formula is C29H54N4O3. The van der Waals surface area contributed by atoms with Crippen molar-refractivity contribution in [3.05, 3.63) is 0 Å². The Morgan fingerprint density at radius 3 is 1.83 bits per heavy atom. The molecule has 0 spiro atoms. The molecule has 0 saturated carbocycles. The monoisotopic (exact) mass is 506 g/mol. The van der Waals surface area contributed by atoms with Gasteiger partial charge in [0.1, 0.15) is 12.1 Å². The molecule has 2 heterocycles. The fourth-order valence-electron chi connectivity index (χ4n) is 5.57. The Balaban J connectivity index is 2.17. The molecule has 7 heteroatoms. The minimum atomic E-state index is -0.476. The Hall–Kier alpha value is -1.63. The van der Waals surface area contributed by atoms with Gasteiger partial charge in [0, 0.05) is 24.7 Å². The number of nitrogens with zero attached hydrogens (tertiary/aromatic N) is 2. The van der Waals surface area contributed by atoms with Crippen LogP contribution < -0.4 is 10.6 Å². The molecule has 2 fully saturated rings. The van der Waals surface area contributed by atoms with E-state index in [0.29, 0.717) is 37.8 Å². The van der Waals surface area contributed by atoms with Gasteiger partial charge in [0.15, 0.2) is 0 Å². The molecule has 7 nitrogen and oxygen atoms in total. The number of amides is 3. The average Bonchev–Trinajstić information content (AvgIpc) is 3.39. The van der Waals surface area contributed by atoms with Crippen LogP contribution in [0.5, 0.6) is 0 Å². The normalized spacial score (nSPS) is 22.9. The van der Waals surface area contributed by atoms with Crippen LogP contribution in [0.4, 0.5) is 0 Å². The Bertz CT molecular complexity index is 765. The SMILES string of the molecule is CC(C)CC(NC(C)(C)C)C(=O)N1CCC[C@@H]1C(=O)N1CCC[C@H]1C(=O)NC(CC(C)C)C(C)(C)C. The summed E-state index contributed by atoms with van der Waals surface area (Å²) in [6.45, 7) is 22.4. The lowest BCUT2D eigenvalue weighted by Gasteiger charge is -2.37. The van der Waals surface area contributed by atoms with Crippen LogP contribution in [0, 0.1) is 17.3 Å². The van der Waals surface area contributed by atoms with Crippen LogP contribution in [0.25, 0.3) is 0 Å². The van der Waals surface area contributed by atoms with Gasteiger partial charge in [-0.05, 0) is 76.5 Å². The molecule has 2 rings (SSSR count). The van der Waals surface area contributed by atoms with Crippen LogP contribution in [0.1, 0.15) is 108 Å². The van der Waals surface area contributed by atoms with Crippen LogP contribution in [-0.2, 0) is 14.4 Å². The summed E-state index contributed by atoms with van der Waals surface area (Å²) in [5, 5.41) is 6.77. The van der Waals surface area contributed by atoms with Gasteiger partial charge in [-0.25, -0.2) is 0 Å². The van der Waals surface area contributed by atoms with Gasteiger partial charge in [-0.2, -0.15) is 0 Å². The Morgan fingerprint density at radius 1 is 0.806 bits per heavy atom. The third-order valence-electron chi connectivity index (χ3n) is 7.34. The number of nitrogens with one attached hydrogen (secondary N) is 2. The number of hydrogen-bond donors (Lipinski definition) is 2. The van der Waals surface area contributed by atoms with Gasteiger partial charge in [-0.1, -0.05) is 48.5 Å². The minimum Gasteiger partial charge on any atom is -0.351 e. The van der Waals surface area contributed by atoms with E-state index in [2.05, 4.69) is 79.9 Å². The van der Waals surface area contributed by atoms with Crippen LogP contribution in [0.3, 0.4) is 0 Å². The molecule has 0 aromatic heterocycles. The lowest BCUT2D eigenvalue weighted by Crippen LogP contribution is -2.58. The van der Waals surface area contributed by atoms with Gasteiger partial charge in [-0.15, -0.1) is 0 Å². The van der Waals surface area contributed by atoms with Crippen LogP contribution >= 0.6 is 0 Å². The molecule has 2 N–H and O–H groups in total. The van der Waals surface area contributed by atoms with Gasteiger partial charge in [0.2, 0.25) is 17.7 Å². The van der Waals surface area contributed by atoms with E-state index in [1.165, 1.54) is 0 Å². The summed E-state index contributed by atoms with van der Waals surface area (Å²) in [5.41, 5.74) is -0.264. The maximum Gasteiger partial charge on any atom is 0.246 e. The van der Waals surface area contributed by atoms with Gasteiger partial charge in [0.25, 0.3) is 0 Å². The van der Waals surface area contributed by atoms with Crippen molar-refractivity contribution in [3.63, 3.8) is 0 Å². The summed E-state index contributed by atoms with van der Waals surface area (Å²) in [7, 11) is 0. The predicted octanol–water partition coefficient (Wildman–Crippen LogP) is 4.35. The second-order valence-electron chi connectivity index (χ2n) is 14.0. The molecular weight excluding hydrogens is 452 g/mol. The first-order chi connectivity index (χ1) is 16.5. The Kier molecular flexibility index (Phi) is 10.4. The molecule has 0 aromatic rings. The summed E-state index contributed by atoms with van der Waals surface area (Å²) in [5.74, 6) is 0.728. The quantitative estimate of drug-likeness (QED) is 0.487. The van der Waals surface area contributed by atoms with E-state index in [4.69, 9.17) is 0 Å². The van der Waals surface area contributed by atoms with Crippen molar-refractivity contribution in [1.29, 1.82) is 0 Å². The van der Waals surface area contributed by atoms with Crippen molar-refractivity contribution in [2.75, 3.05) is 13.1 Å². The minimum absolute atomic E-state index is 0.0133. The van der Waals surface area contributed by atoms with Crippen molar-refractivity contribution < 1.29 is 14.4 Å². The lowest BCUT2D eigenvalue weighted by molar-refractivity contribution is -0.148. The molecule has 4 atom stereocenters. The van der Waals surface area contributed by atoms with Crippen LogP contribution in [-0.4, -0.2) is 70.3 Å². The smallest absolute Gasteiger partial charge is 0.246 e. The Morgan fingerprint density at radius 2 is 1.33 bits per heavy atom. The van der Waals surface area contributed by atoms with Crippen molar-refractivity contribution >= 4 is 17.7 Å². The number of hydrogen-bond acceptors (Lipinski definition) is 4. The van der Waals surface area contributed by atoms with E-state index >= 15 is 0 Å². The first-order valence-electron chi connectivity index (χ1n) is 14.2. The maximum absolute atomic E-state index is 13.8. The standard InChI is InChI=1S/C29H54N4O3/c1-19(2)17-21(31-29(8,9)10)26(35)33-16-12-14-23(33)27(36)32-15-11-13-22(32)25(34)30-24(18-20(3)4)28(5,6)7/h19-24,31H,11-18H2,1-10H3,(H,30,34)/t21?,22-,23+,24?/m0/s1. The lowest BCUT2D eigenvalue weighted by atomic mass is 9.82. The molecule has 36 heavy (non-hydrogen) atoms. The highest BCUT2D eigenvalue weighted by Gasteiger charge is 2.44. The maximum atomic E-state index is 13.8. The van der Waals surface area contributed by atoms with Crippen LogP contribution in [0.15, 0.2) is 0 Å². The number of carbonyl (C=O) groups is 3. The van der Waals surface area contributed by atoms with E-state index in [9.17, 15) is 14.4 Å². The highest BCUT2D eigenvalue weighted by Crippen LogP contribution is 2.29. The molecule has 0 aliphatic carbocycles. The van der Waals surface area contributed by atoms with Gasteiger partial charge >= 0.3 is 0 Å². The first kappa shape index (κ1) is 30.6. The molecule has 0 radical (unpaired) electrons. The predicted molar refractivity (Wildman–Crippen MR) is 146 cm³/mol. The molecule has 2 aliphatic heterocycles. The van der Waals surface area contributed by atoms with Crippen molar-refractivity contribution in [1.82, 2.24) is 20.4 Å². The van der Waals surface area contributed by atoms with Gasteiger partial charge in [0.05, 0.1) is 6.04 Å². The molecule has 0 bridgehead atoms. The van der Waals surface area contributed by atoms with Crippen LogP contribution in [0.2, 0.25) is 0 Å². The van der Waals surface area contributed by atoms with Crippen molar-refractivity contribution in [2.45, 2.75) is 137 Å². The van der Waals surface area contributed by atoms with E-state index in [-0.39, 0.29) is 40.8 Å². The highest BCUT2D eigenvalue weighted by atomic mass is 16.2. The number of carbonyl (C=O) groups excluding carboxylic acids is 3. The van der Waals surface area contributed by atoms with E-state index in [1.54, 1.807) is 9.80 Å². The van der Waals surface area contributed by atoms with Gasteiger partial charge < -0.3 is 20.4 Å². The first-order valence-corrected chi connectivity index (χ1v) is 14.2. The third kappa shape index (κ3) is 8.46. The van der Waals surface area contributed by atoms with E-state index < -0.39 is 12.1 Å². The fraction of sp³-hybridized carbons (Fsp3) is 0.897. The number of likely N-dealkylation sites (tertiary alicyclic amines) is 2. The molecule has 2 saturated heterocycles. The summed E-state index contributed by atoms with van der Waals surface area (Å²) in [4.78, 5) is 44.4. The molecule has 3 amide bonds. The average molecular weight is 507 g/mol. The fourth-order valence-corrected chi connectivity index (χ4v) is 5.57. The van der Waals surface area contributed by atoms with Gasteiger partial charge in [-0.3, -0.25) is 14.4 Å². The zero-order valence-corrected chi connectivity index (χ0v) is 24.7. The van der Waals surface area contributed by atoms with E-state index in [1.807, 2.05) is 0 Å². The van der Waals surface area contributed by atoms with E-state index in [0.717, 1.165) is 25.7 Å². The highest BCUT2D eigenvalue weighted by molar-refractivity contribution is 5.94. The third-order valence-corrected chi connectivity index (χ3v) is 7.34. The molecule has 0 aromatic carbocycles. The van der Waals surface area contributed by atoms with Crippen molar-refractivity contribution in [3.8, 4) is 0 Å². The molecule has 208 valence electrons. The summed E-state index contributed by atoms with van der Waals surface area (Å²) in [6.07, 6.45) is 4.61. The summed E-state index contributed by atoms with van der Waals surface area (Å²) in [6, 6.07) is -1.20. The zero-order valence-electron chi connectivity index (χ0n) is 24.7.